The molecule has 0 bridgehead atoms. The number of anilines is 2. The maximum Gasteiger partial charge on any atom is 0.573 e. The number of hydrogen-bond acceptors (Lipinski definition) is 5. The highest BCUT2D eigenvalue weighted by Crippen LogP contribution is 2.33. The first-order valence-corrected chi connectivity index (χ1v) is 9.95. The first kappa shape index (κ1) is 25.0. The van der Waals surface area contributed by atoms with Crippen LogP contribution in [0.5, 0.6) is 5.75 Å². The Kier molecular flexibility index (Phi) is 8.35. The van der Waals surface area contributed by atoms with Gasteiger partial charge >= 0.3 is 12.4 Å². The average molecular weight is 495 g/mol. The molecule has 0 unspecified atom stereocenters. The zero-order valence-electron chi connectivity index (χ0n) is 16.4. The Hall–Kier alpha value is -2.27. The van der Waals surface area contributed by atoms with Gasteiger partial charge in [-0.25, -0.2) is 9.78 Å². The Labute approximate surface area is 192 Å². The van der Waals surface area contributed by atoms with Gasteiger partial charge in [-0.1, -0.05) is 22.9 Å². The molecule has 1 N–H and O–H groups in total. The number of carbonyl (C=O) groups excluding carboxylic acids is 1. The summed E-state index contributed by atoms with van der Waals surface area (Å²) in [4.78, 5) is 20.7. The summed E-state index contributed by atoms with van der Waals surface area (Å²) in [6.45, 7) is 0.893. The van der Waals surface area contributed by atoms with Crippen molar-refractivity contribution in [2.24, 2.45) is 0 Å². The number of alkyl halides is 3. The predicted molar refractivity (Wildman–Crippen MR) is 120 cm³/mol. The molecule has 0 aliphatic heterocycles. The Morgan fingerprint density at radius 1 is 1.16 bits per heavy atom. The first-order chi connectivity index (χ1) is 14.1. The molecule has 1 aromatic heterocycles. The molecule has 0 radical (unpaired) electrons. The molecule has 0 saturated carbocycles. The van der Waals surface area contributed by atoms with Gasteiger partial charge in [-0.15, -0.1) is 25.6 Å². The number of likely N-dealkylation sites (N-methyl/N-ethyl adjacent to an activating group) is 1. The lowest BCUT2D eigenvalue weighted by atomic mass is 10.3. The van der Waals surface area contributed by atoms with Crippen molar-refractivity contribution in [3.8, 4) is 5.75 Å². The van der Waals surface area contributed by atoms with Crippen LogP contribution in [0, 0.1) is 0 Å². The van der Waals surface area contributed by atoms with E-state index in [1.54, 1.807) is 24.3 Å². The topological polar surface area (TPSA) is 57.7 Å². The lowest BCUT2D eigenvalue weighted by molar-refractivity contribution is -0.274. The molecule has 0 aliphatic rings. The highest BCUT2D eigenvalue weighted by Gasteiger charge is 2.31. The quantitative estimate of drug-likeness (QED) is 0.465. The van der Waals surface area contributed by atoms with E-state index < -0.39 is 12.4 Å². The van der Waals surface area contributed by atoms with Crippen LogP contribution in [-0.4, -0.2) is 49.5 Å². The molecule has 2 aromatic carbocycles. The van der Waals surface area contributed by atoms with Crippen LogP contribution in [0.1, 0.15) is 0 Å². The number of urea groups is 1. The van der Waals surface area contributed by atoms with E-state index in [0.717, 1.165) is 11.3 Å². The molecule has 168 valence electrons. The van der Waals surface area contributed by atoms with Gasteiger partial charge in [0.15, 0.2) is 5.13 Å². The van der Waals surface area contributed by atoms with Crippen molar-refractivity contribution < 1.29 is 22.7 Å². The molecule has 0 spiro atoms. The fourth-order valence-electron chi connectivity index (χ4n) is 2.51. The van der Waals surface area contributed by atoms with Gasteiger partial charge in [-0.2, -0.15) is 0 Å². The number of amides is 2. The fourth-order valence-corrected chi connectivity index (χ4v) is 3.66. The second kappa shape index (κ2) is 10.4. The number of nitrogens with zero attached hydrogens (tertiary/aromatic N) is 3. The van der Waals surface area contributed by atoms with Gasteiger partial charge in [0, 0.05) is 29.9 Å². The number of rotatable bonds is 6. The normalized spacial score (nSPS) is 11.3. The van der Waals surface area contributed by atoms with Crippen LogP contribution in [0.3, 0.4) is 0 Å². The number of thiazole rings is 1. The number of ether oxygens (including phenoxy) is 1. The van der Waals surface area contributed by atoms with E-state index in [2.05, 4.69) is 15.0 Å². The maximum atomic E-state index is 12.9. The summed E-state index contributed by atoms with van der Waals surface area (Å²) in [7, 11) is 3.74. The number of nitrogens with one attached hydrogen (secondary N) is 1. The third-order valence-corrected chi connectivity index (χ3v) is 5.22. The highest BCUT2D eigenvalue weighted by molar-refractivity contribution is 7.22. The van der Waals surface area contributed by atoms with Crippen molar-refractivity contribution in [1.82, 2.24) is 9.88 Å². The Morgan fingerprint density at radius 2 is 1.84 bits per heavy atom. The molecule has 1 heterocycles. The maximum absolute atomic E-state index is 12.9. The second-order valence-corrected chi connectivity index (χ2v) is 8.01. The summed E-state index contributed by atoms with van der Waals surface area (Å²) in [6, 6.07) is 10.1. The standard InChI is InChI=1S/C19H18ClF3N4O2S.ClH/c1-26(2)9-10-27(17(28)24-13-5-3-12(20)4-6-13)18-25-15-8-7-14(11-16(15)30-18)29-19(21,22)23;/h3-8,11H,9-10H2,1-2H3,(H,24,28);1H. The molecule has 0 fully saturated rings. The molecular formula is C19H19Cl2F3N4O2S. The van der Waals surface area contributed by atoms with E-state index in [9.17, 15) is 18.0 Å². The van der Waals surface area contributed by atoms with Gasteiger partial charge in [0.2, 0.25) is 0 Å². The number of fused-ring (bicyclic) bond motifs is 1. The van der Waals surface area contributed by atoms with Crippen molar-refractivity contribution in [2.75, 3.05) is 37.4 Å². The number of hydrogen-bond donors (Lipinski definition) is 1. The second-order valence-electron chi connectivity index (χ2n) is 6.57. The minimum absolute atomic E-state index is 0. The SMILES string of the molecule is CN(C)CCN(C(=O)Nc1ccc(Cl)cc1)c1nc2ccc(OC(F)(F)F)cc2s1.Cl. The van der Waals surface area contributed by atoms with Gasteiger partial charge in [-0.05, 0) is 50.5 Å². The third-order valence-electron chi connectivity index (χ3n) is 3.92. The molecule has 3 aromatic rings. The van der Waals surface area contributed by atoms with Gasteiger partial charge in [0.25, 0.3) is 0 Å². The molecular weight excluding hydrogens is 476 g/mol. The van der Waals surface area contributed by atoms with Crippen LogP contribution in [0.25, 0.3) is 10.2 Å². The smallest absolute Gasteiger partial charge is 0.406 e. The van der Waals surface area contributed by atoms with Gasteiger partial charge in [0.1, 0.15) is 5.75 Å². The van der Waals surface area contributed by atoms with Crippen molar-refractivity contribution in [3.05, 3.63) is 47.5 Å². The van der Waals surface area contributed by atoms with Crippen molar-refractivity contribution in [2.45, 2.75) is 6.36 Å². The van der Waals surface area contributed by atoms with Gasteiger partial charge in [-0.3, -0.25) is 4.90 Å². The summed E-state index contributed by atoms with van der Waals surface area (Å²) >= 11 is 6.98. The Bertz CT molecular complexity index is 1030. The van der Waals surface area contributed by atoms with E-state index in [0.29, 0.717) is 39.1 Å². The highest BCUT2D eigenvalue weighted by atomic mass is 35.5. The lowest BCUT2D eigenvalue weighted by Crippen LogP contribution is -2.39. The zero-order chi connectivity index (χ0) is 21.9. The van der Waals surface area contributed by atoms with E-state index in [4.69, 9.17) is 11.6 Å². The van der Waals surface area contributed by atoms with Crippen LogP contribution in [0.2, 0.25) is 5.02 Å². The minimum atomic E-state index is -4.78. The molecule has 12 heteroatoms. The first-order valence-electron chi connectivity index (χ1n) is 8.76. The number of carbonyl (C=O) groups is 1. The van der Waals surface area contributed by atoms with E-state index in [1.165, 1.54) is 23.1 Å². The molecule has 3 rings (SSSR count). The summed E-state index contributed by atoms with van der Waals surface area (Å²) in [5, 5.41) is 3.69. The summed E-state index contributed by atoms with van der Waals surface area (Å²) in [6.07, 6.45) is -4.78. The van der Waals surface area contributed by atoms with Crippen LogP contribution in [0.4, 0.5) is 28.8 Å². The summed E-state index contributed by atoms with van der Waals surface area (Å²) in [5.74, 6) is -0.337. The summed E-state index contributed by atoms with van der Waals surface area (Å²) < 4.78 is 41.9. The summed E-state index contributed by atoms with van der Waals surface area (Å²) in [5.41, 5.74) is 1.03. The van der Waals surface area contributed by atoms with Crippen LogP contribution < -0.4 is 15.0 Å². The zero-order valence-corrected chi connectivity index (χ0v) is 18.8. The fraction of sp³-hybridized carbons (Fsp3) is 0.263. The predicted octanol–water partition coefficient (Wildman–Crippen LogP) is 5.87. The van der Waals surface area contributed by atoms with Crippen molar-refractivity contribution in [1.29, 1.82) is 0 Å². The lowest BCUT2D eigenvalue weighted by Gasteiger charge is -2.22. The van der Waals surface area contributed by atoms with Crippen molar-refractivity contribution in [3.63, 3.8) is 0 Å². The molecule has 31 heavy (non-hydrogen) atoms. The minimum Gasteiger partial charge on any atom is -0.406 e. The number of halogens is 5. The largest absolute Gasteiger partial charge is 0.573 e. The number of aromatic nitrogens is 1. The molecule has 0 atom stereocenters. The van der Waals surface area contributed by atoms with Crippen LogP contribution in [-0.2, 0) is 0 Å². The Balaban J connectivity index is 0.00000341. The molecule has 0 saturated heterocycles. The van der Waals surface area contributed by atoms with Crippen molar-refractivity contribution >= 4 is 62.4 Å². The number of benzene rings is 2. The van der Waals surface area contributed by atoms with E-state index in [-0.39, 0.29) is 18.2 Å². The average Bonchev–Trinajstić information content (AvgIpc) is 3.05. The van der Waals surface area contributed by atoms with Gasteiger partial charge in [0.05, 0.1) is 10.2 Å². The molecule has 0 aliphatic carbocycles. The molecule has 6 nitrogen and oxygen atoms in total. The Morgan fingerprint density at radius 3 is 2.45 bits per heavy atom. The van der Waals surface area contributed by atoms with E-state index in [1.807, 2.05) is 19.0 Å². The third kappa shape index (κ3) is 7.13. The van der Waals surface area contributed by atoms with Crippen LogP contribution in [0.15, 0.2) is 42.5 Å². The monoisotopic (exact) mass is 494 g/mol. The van der Waals surface area contributed by atoms with Crippen LogP contribution >= 0.6 is 35.3 Å². The van der Waals surface area contributed by atoms with Gasteiger partial charge < -0.3 is 15.0 Å². The van der Waals surface area contributed by atoms with E-state index >= 15 is 0 Å². The molecule has 2 amide bonds.